The summed E-state index contributed by atoms with van der Waals surface area (Å²) in [5, 5.41) is 14.1. The second-order valence-electron chi connectivity index (χ2n) is 6.22. The summed E-state index contributed by atoms with van der Waals surface area (Å²) in [6, 6.07) is 10.4. The van der Waals surface area contributed by atoms with E-state index in [9.17, 15) is 5.11 Å². The van der Waals surface area contributed by atoms with Crippen LogP contribution in [0.3, 0.4) is 0 Å². The molecule has 0 aromatic heterocycles. The Labute approximate surface area is 122 Å². The van der Waals surface area contributed by atoms with E-state index >= 15 is 0 Å². The van der Waals surface area contributed by atoms with Gasteiger partial charge in [-0.05, 0) is 38.3 Å². The van der Waals surface area contributed by atoms with E-state index in [-0.39, 0.29) is 5.60 Å². The minimum absolute atomic E-state index is 0.160. The van der Waals surface area contributed by atoms with Crippen LogP contribution in [0.1, 0.15) is 45.1 Å². The predicted octanol–water partition coefficient (Wildman–Crippen LogP) is 2.88. The summed E-state index contributed by atoms with van der Waals surface area (Å²) in [4.78, 5) is 0. The zero-order valence-electron chi connectivity index (χ0n) is 12.7. The molecule has 2 N–H and O–H groups in total. The lowest BCUT2D eigenvalue weighted by molar-refractivity contribution is -0.155. The first-order valence-corrected chi connectivity index (χ1v) is 7.66. The van der Waals surface area contributed by atoms with Gasteiger partial charge in [0.15, 0.2) is 0 Å². The molecule has 2 atom stereocenters. The molecular weight excluding hydrogens is 250 g/mol. The third-order valence-electron chi connectivity index (χ3n) is 4.41. The van der Waals surface area contributed by atoms with Crippen molar-refractivity contribution >= 4 is 0 Å². The molecule has 1 aromatic rings. The van der Waals surface area contributed by atoms with Crippen LogP contribution in [0, 0.1) is 0 Å². The topological polar surface area (TPSA) is 41.5 Å². The molecule has 0 bridgehead atoms. The third kappa shape index (κ3) is 4.30. The summed E-state index contributed by atoms with van der Waals surface area (Å²) in [6.07, 6.45) is 3.23. The number of hydrogen-bond acceptors (Lipinski definition) is 3. The highest BCUT2D eigenvalue weighted by Gasteiger charge is 2.40. The van der Waals surface area contributed by atoms with Crippen molar-refractivity contribution in [1.29, 1.82) is 0 Å². The summed E-state index contributed by atoms with van der Waals surface area (Å²) in [5.74, 6) is 0. The van der Waals surface area contributed by atoms with Gasteiger partial charge in [0, 0.05) is 13.0 Å². The minimum atomic E-state index is -0.577. The lowest BCUT2D eigenvalue weighted by Gasteiger charge is -2.43. The van der Waals surface area contributed by atoms with Crippen molar-refractivity contribution in [1.82, 2.24) is 5.32 Å². The molecule has 0 aliphatic carbocycles. The van der Waals surface area contributed by atoms with Crippen molar-refractivity contribution in [3.05, 3.63) is 35.9 Å². The lowest BCUT2D eigenvalue weighted by atomic mass is 9.80. The smallest absolute Gasteiger partial charge is 0.0709 e. The lowest BCUT2D eigenvalue weighted by Crippen LogP contribution is -2.48. The van der Waals surface area contributed by atoms with E-state index in [2.05, 4.69) is 43.4 Å². The molecule has 112 valence electrons. The van der Waals surface area contributed by atoms with E-state index in [0.717, 1.165) is 38.8 Å². The molecule has 3 nitrogen and oxygen atoms in total. The maximum absolute atomic E-state index is 10.7. The average molecular weight is 277 g/mol. The van der Waals surface area contributed by atoms with Crippen LogP contribution in [-0.2, 0) is 11.3 Å². The van der Waals surface area contributed by atoms with E-state index < -0.39 is 5.60 Å². The first-order valence-electron chi connectivity index (χ1n) is 7.66. The maximum atomic E-state index is 10.7. The van der Waals surface area contributed by atoms with E-state index in [1.165, 1.54) is 5.56 Å². The van der Waals surface area contributed by atoms with Crippen molar-refractivity contribution in [2.45, 2.75) is 57.3 Å². The molecule has 0 radical (unpaired) electrons. The van der Waals surface area contributed by atoms with Gasteiger partial charge in [-0.25, -0.2) is 0 Å². The molecule has 1 aliphatic heterocycles. The highest BCUT2D eigenvalue weighted by atomic mass is 16.5. The molecule has 0 spiro atoms. The Morgan fingerprint density at radius 3 is 2.75 bits per heavy atom. The summed E-state index contributed by atoms with van der Waals surface area (Å²) in [5.41, 5.74) is 0.545. The van der Waals surface area contributed by atoms with Crippen molar-refractivity contribution in [3.63, 3.8) is 0 Å². The Hall–Kier alpha value is -0.900. The molecule has 0 amide bonds. The fraction of sp³-hybridized carbons (Fsp3) is 0.647. The Morgan fingerprint density at radius 1 is 1.30 bits per heavy atom. The molecule has 20 heavy (non-hydrogen) atoms. The van der Waals surface area contributed by atoms with Gasteiger partial charge in [-0.1, -0.05) is 37.3 Å². The molecule has 2 rings (SSSR count). The first-order chi connectivity index (χ1) is 9.55. The van der Waals surface area contributed by atoms with E-state index in [1.807, 2.05) is 6.07 Å². The number of benzene rings is 1. The van der Waals surface area contributed by atoms with Crippen LogP contribution in [0.15, 0.2) is 30.3 Å². The molecule has 3 heteroatoms. The van der Waals surface area contributed by atoms with Crippen molar-refractivity contribution in [2.75, 3.05) is 13.2 Å². The van der Waals surface area contributed by atoms with Crippen LogP contribution in [0.2, 0.25) is 0 Å². The Morgan fingerprint density at radius 2 is 2.05 bits per heavy atom. The molecular formula is C17H27NO2. The van der Waals surface area contributed by atoms with E-state index in [0.29, 0.717) is 6.61 Å². The fourth-order valence-corrected chi connectivity index (χ4v) is 2.91. The SMILES string of the molecule is CCC1(C)CC(O)(CCNCc2ccccc2)CCO1. The van der Waals surface area contributed by atoms with Crippen molar-refractivity contribution in [2.24, 2.45) is 0 Å². The predicted molar refractivity (Wildman–Crippen MR) is 81.6 cm³/mol. The van der Waals surface area contributed by atoms with Crippen LogP contribution in [0.4, 0.5) is 0 Å². The maximum Gasteiger partial charge on any atom is 0.0709 e. The quantitative estimate of drug-likeness (QED) is 0.786. The van der Waals surface area contributed by atoms with Crippen LogP contribution >= 0.6 is 0 Å². The highest BCUT2D eigenvalue weighted by Crippen LogP contribution is 2.36. The van der Waals surface area contributed by atoms with Crippen LogP contribution in [0.25, 0.3) is 0 Å². The van der Waals surface area contributed by atoms with Gasteiger partial charge >= 0.3 is 0 Å². The standard InChI is InChI=1S/C17H27NO2/c1-3-16(2)14-17(19,10-12-20-16)9-11-18-13-15-7-5-4-6-8-15/h4-8,18-19H,3,9-14H2,1-2H3. The van der Waals surface area contributed by atoms with Gasteiger partial charge in [0.05, 0.1) is 17.8 Å². The van der Waals surface area contributed by atoms with Crippen molar-refractivity contribution < 1.29 is 9.84 Å². The summed E-state index contributed by atoms with van der Waals surface area (Å²) >= 11 is 0. The van der Waals surface area contributed by atoms with Gasteiger partial charge in [0.2, 0.25) is 0 Å². The molecule has 1 aromatic carbocycles. The number of nitrogens with one attached hydrogen (secondary N) is 1. The normalized spacial score (nSPS) is 30.4. The molecule has 1 heterocycles. The Balaban J connectivity index is 1.75. The van der Waals surface area contributed by atoms with Gasteiger partial charge < -0.3 is 15.2 Å². The Kier molecular flexibility index (Phi) is 5.19. The zero-order chi connectivity index (χ0) is 14.5. The second kappa shape index (κ2) is 6.70. The zero-order valence-corrected chi connectivity index (χ0v) is 12.7. The van der Waals surface area contributed by atoms with Gasteiger partial charge in [0.1, 0.15) is 0 Å². The monoisotopic (exact) mass is 277 g/mol. The summed E-state index contributed by atoms with van der Waals surface area (Å²) in [7, 11) is 0. The largest absolute Gasteiger partial charge is 0.390 e. The minimum Gasteiger partial charge on any atom is -0.390 e. The first kappa shape index (κ1) is 15.5. The fourth-order valence-electron chi connectivity index (χ4n) is 2.91. The highest BCUT2D eigenvalue weighted by molar-refractivity contribution is 5.14. The van der Waals surface area contributed by atoms with Crippen LogP contribution in [-0.4, -0.2) is 29.5 Å². The van der Waals surface area contributed by atoms with Gasteiger partial charge in [-0.2, -0.15) is 0 Å². The molecule has 0 saturated carbocycles. The number of rotatable bonds is 6. The molecule has 1 fully saturated rings. The van der Waals surface area contributed by atoms with Crippen LogP contribution < -0.4 is 5.32 Å². The summed E-state index contributed by atoms with van der Waals surface area (Å²) < 4.78 is 5.81. The second-order valence-corrected chi connectivity index (χ2v) is 6.22. The van der Waals surface area contributed by atoms with Gasteiger partial charge in [-0.15, -0.1) is 0 Å². The summed E-state index contributed by atoms with van der Waals surface area (Å²) in [6.45, 7) is 6.59. The third-order valence-corrected chi connectivity index (χ3v) is 4.41. The van der Waals surface area contributed by atoms with E-state index in [4.69, 9.17) is 4.74 Å². The number of aliphatic hydroxyl groups is 1. The van der Waals surface area contributed by atoms with Crippen molar-refractivity contribution in [3.8, 4) is 0 Å². The Bertz CT molecular complexity index is 409. The molecule has 1 aliphatic rings. The molecule has 2 unspecified atom stereocenters. The van der Waals surface area contributed by atoms with Crippen LogP contribution in [0.5, 0.6) is 0 Å². The molecule has 1 saturated heterocycles. The van der Waals surface area contributed by atoms with Gasteiger partial charge in [-0.3, -0.25) is 0 Å². The average Bonchev–Trinajstić information content (AvgIpc) is 2.45. The number of hydrogen-bond donors (Lipinski definition) is 2. The number of ether oxygens (including phenoxy) is 1. The van der Waals surface area contributed by atoms with E-state index in [1.54, 1.807) is 0 Å². The van der Waals surface area contributed by atoms with Gasteiger partial charge in [0.25, 0.3) is 0 Å².